The maximum absolute atomic E-state index is 14.7. The lowest BCUT2D eigenvalue weighted by molar-refractivity contribution is -0.165. The minimum absolute atomic E-state index is 0.0629. The summed E-state index contributed by atoms with van der Waals surface area (Å²) in [6, 6.07) is 12.2. The summed E-state index contributed by atoms with van der Waals surface area (Å²) >= 11 is 0. The molecule has 2 aromatic carbocycles. The summed E-state index contributed by atoms with van der Waals surface area (Å²) in [7, 11) is 1.63. The van der Waals surface area contributed by atoms with Gasteiger partial charge in [-0.25, -0.2) is 4.39 Å². The molecule has 5 rings (SSSR count). The standard InChI is InChI=1S/C34H37FN4O5/c1-20-31(41)38(5)29-17-24(23-8-10-36-11-9-23)6-7-28(29)32(42)39(20)19-22-12-25(16-26(35)13-22)30(40)37-18-21-14-27(15-21)44-33(43)34(2,3)4/h6-13,16-17,20-21,27H,14-15,18-19H2,1-5H3,(H,37,40)/t20-,21-,27-/m1/s1. The molecular weight excluding hydrogens is 563 g/mol. The fourth-order valence-electron chi connectivity index (χ4n) is 5.46. The van der Waals surface area contributed by atoms with Crippen LogP contribution in [0.3, 0.4) is 0 Å². The number of anilines is 1. The van der Waals surface area contributed by atoms with Gasteiger partial charge in [-0.2, -0.15) is 0 Å². The zero-order valence-corrected chi connectivity index (χ0v) is 25.6. The molecule has 0 bridgehead atoms. The highest BCUT2D eigenvalue weighted by atomic mass is 19.1. The molecule has 0 radical (unpaired) electrons. The normalized spacial score (nSPS) is 20.0. The zero-order valence-electron chi connectivity index (χ0n) is 25.6. The third-order valence-electron chi connectivity index (χ3n) is 8.22. The van der Waals surface area contributed by atoms with Gasteiger partial charge in [-0.3, -0.25) is 24.2 Å². The average Bonchev–Trinajstić information content (AvgIpc) is 3.03. The van der Waals surface area contributed by atoms with Crippen molar-refractivity contribution in [2.75, 3.05) is 18.5 Å². The Hall–Kier alpha value is -4.60. The molecule has 1 fully saturated rings. The zero-order chi connectivity index (χ0) is 31.8. The Morgan fingerprint density at radius 3 is 2.41 bits per heavy atom. The van der Waals surface area contributed by atoms with Crippen molar-refractivity contribution < 1.29 is 28.3 Å². The first-order chi connectivity index (χ1) is 20.8. The van der Waals surface area contributed by atoms with Gasteiger partial charge < -0.3 is 19.9 Å². The number of hydrogen-bond donors (Lipinski definition) is 1. The number of carbonyl (C=O) groups excluding carboxylic acids is 4. The van der Waals surface area contributed by atoms with Gasteiger partial charge in [0.25, 0.3) is 11.8 Å². The predicted octanol–water partition coefficient (Wildman–Crippen LogP) is 4.99. The third kappa shape index (κ3) is 6.49. The fraction of sp³-hybridized carbons (Fsp3) is 0.382. The fourth-order valence-corrected chi connectivity index (χ4v) is 5.46. The van der Waals surface area contributed by atoms with Crippen LogP contribution in [0.1, 0.15) is 66.8 Å². The van der Waals surface area contributed by atoms with Gasteiger partial charge in [0.15, 0.2) is 0 Å². The van der Waals surface area contributed by atoms with Crippen molar-refractivity contribution >= 4 is 29.4 Å². The molecule has 230 valence electrons. The van der Waals surface area contributed by atoms with Crippen molar-refractivity contribution in [3.63, 3.8) is 0 Å². The van der Waals surface area contributed by atoms with E-state index in [2.05, 4.69) is 10.3 Å². The summed E-state index contributed by atoms with van der Waals surface area (Å²) in [5, 5.41) is 2.84. The Kier molecular flexibility index (Phi) is 8.54. The van der Waals surface area contributed by atoms with Crippen LogP contribution in [0, 0.1) is 17.2 Å². The van der Waals surface area contributed by atoms with Gasteiger partial charge in [0.2, 0.25) is 5.91 Å². The Morgan fingerprint density at radius 2 is 1.73 bits per heavy atom. The van der Waals surface area contributed by atoms with E-state index in [1.165, 1.54) is 15.9 Å². The summed E-state index contributed by atoms with van der Waals surface area (Å²) in [5.74, 6) is -1.81. The number of ether oxygens (including phenoxy) is 1. The molecule has 2 aliphatic rings. The molecule has 0 saturated heterocycles. The molecule has 10 heteroatoms. The lowest BCUT2D eigenvalue weighted by Crippen LogP contribution is -2.45. The van der Waals surface area contributed by atoms with Crippen LogP contribution >= 0.6 is 0 Å². The molecule has 1 aromatic heterocycles. The van der Waals surface area contributed by atoms with E-state index in [0.717, 1.165) is 17.2 Å². The number of esters is 1. The van der Waals surface area contributed by atoms with Crippen LogP contribution in [0.4, 0.5) is 10.1 Å². The van der Waals surface area contributed by atoms with E-state index in [-0.39, 0.29) is 41.9 Å². The molecular formula is C34H37FN4O5. The van der Waals surface area contributed by atoms with Crippen LogP contribution < -0.4 is 10.2 Å². The van der Waals surface area contributed by atoms with Crippen molar-refractivity contribution in [1.82, 2.24) is 15.2 Å². The second kappa shape index (κ2) is 12.2. The number of rotatable bonds is 7. The summed E-state index contributed by atoms with van der Waals surface area (Å²) in [4.78, 5) is 59.2. The molecule has 1 N–H and O–H groups in total. The number of aromatic nitrogens is 1. The number of nitrogens with one attached hydrogen (secondary N) is 1. The largest absolute Gasteiger partial charge is 0.462 e. The van der Waals surface area contributed by atoms with Crippen molar-refractivity contribution in [3.05, 3.63) is 83.4 Å². The van der Waals surface area contributed by atoms with E-state index < -0.39 is 23.2 Å². The number of carbonyl (C=O) groups is 4. The Morgan fingerprint density at radius 1 is 1.02 bits per heavy atom. The van der Waals surface area contributed by atoms with Crippen molar-refractivity contribution in [1.29, 1.82) is 0 Å². The number of fused-ring (bicyclic) bond motifs is 1. The highest BCUT2D eigenvalue weighted by Crippen LogP contribution is 2.33. The smallest absolute Gasteiger partial charge is 0.311 e. The highest BCUT2D eigenvalue weighted by Gasteiger charge is 2.37. The van der Waals surface area contributed by atoms with Crippen molar-refractivity contribution in [2.45, 2.75) is 59.2 Å². The van der Waals surface area contributed by atoms with Crippen molar-refractivity contribution in [2.24, 2.45) is 11.3 Å². The molecule has 9 nitrogen and oxygen atoms in total. The quantitative estimate of drug-likeness (QED) is 0.383. The van der Waals surface area contributed by atoms with E-state index in [1.54, 1.807) is 65.3 Å². The average molecular weight is 601 g/mol. The van der Waals surface area contributed by atoms with Crippen LogP contribution in [0.5, 0.6) is 0 Å². The first kappa shape index (κ1) is 30.8. The van der Waals surface area contributed by atoms with Gasteiger partial charge in [0.1, 0.15) is 18.0 Å². The van der Waals surface area contributed by atoms with E-state index in [9.17, 15) is 23.6 Å². The van der Waals surface area contributed by atoms with E-state index in [4.69, 9.17) is 4.74 Å². The molecule has 2 heterocycles. The van der Waals surface area contributed by atoms with E-state index in [0.29, 0.717) is 36.2 Å². The summed E-state index contributed by atoms with van der Waals surface area (Å²) in [6.45, 7) is 7.36. The number of likely N-dealkylation sites (N-methyl/N-ethyl adjacent to an activating group) is 1. The van der Waals surface area contributed by atoms with Crippen LogP contribution in [0.2, 0.25) is 0 Å². The van der Waals surface area contributed by atoms with Crippen molar-refractivity contribution in [3.8, 4) is 11.1 Å². The first-order valence-corrected chi connectivity index (χ1v) is 14.7. The summed E-state index contributed by atoms with van der Waals surface area (Å²) < 4.78 is 20.2. The summed E-state index contributed by atoms with van der Waals surface area (Å²) in [6.07, 6.45) is 4.49. The second-order valence-electron chi connectivity index (χ2n) is 12.6. The van der Waals surface area contributed by atoms with Crippen LogP contribution in [-0.2, 0) is 20.9 Å². The van der Waals surface area contributed by atoms with Gasteiger partial charge in [-0.1, -0.05) is 6.07 Å². The Balaban J connectivity index is 1.28. The molecule has 1 atom stereocenters. The molecule has 1 saturated carbocycles. The molecule has 3 amide bonds. The molecule has 1 aliphatic carbocycles. The maximum atomic E-state index is 14.7. The molecule has 1 aliphatic heterocycles. The Bertz CT molecular complexity index is 1600. The second-order valence-corrected chi connectivity index (χ2v) is 12.6. The number of halogens is 1. The first-order valence-electron chi connectivity index (χ1n) is 14.7. The van der Waals surface area contributed by atoms with Gasteiger partial charge >= 0.3 is 5.97 Å². The molecule has 44 heavy (non-hydrogen) atoms. The SMILES string of the molecule is C[C@@H]1C(=O)N(C)c2cc(-c3ccncc3)ccc2C(=O)N1Cc1cc(F)cc(C(=O)NC[C@H]2C[C@H](OC(=O)C(C)(C)C)C2)c1. The van der Waals surface area contributed by atoms with Gasteiger partial charge in [0.05, 0.1) is 16.7 Å². The van der Waals surface area contributed by atoms with Crippen LogP contribution in [0.15, 0.2) is 60.9 Å². The third-order valence-corrected chi connectivity index (χ3v) is 8.22. The molecule has 0 unspecified atom stereocenters. The minimum Gasteiger partial charge on any atom is -0.462 e. The number of benzene rings is 2. The highest BCUT2D eigenvalue weighted by molar-refractivity contribution is 6.11. The number of nitrogens with zero attached hydrogens (tertiary/aromatic N) is 3. The lowest BCUT2D eigenvalue weighted by atomic mass is 9.82. The van der Waals surface area contributed by atoms with Crippen LogP contribution in [0.25, 0.3) is 11.1 Å². The van der Waals surface area contributed by atoms with Gasteiger partial charge in [-0.05, 0) is 106 Å². The minimum atomic E-state index is -0.830. The van der Waals surface area contributed by atoms with Gasteiger partial charge in [-0.15, -0.1) is 0 Å². The maximum Gasteiger partial charge on any atom is 0.311 e. The predicted molar refractivity (Wildman–Crippen MR) is 163 cm³/mol. The molecule has 3 aromatic rings. The number of pyridine rings is 1. The summed E-state index contributed by atoms with van der Waals surface area (Å²) in [5.41, 5.74) is 2.51. The Labute approximate surface area is 256 Å². The number of amides is 3. The topological polar surface area (TPSA) is 109 Å². The van der Waals surface area contributed by atoms with Gasteiger partial charge in [0, 0.05) is 38.1 Å². The lowest BCUT2D eigenvalue weighted by Gasteiger charge is -2.36. The molecule has 0 spiro atoms. The number of hydrogen-bond acceptors (Lipinski definition) is 6. The van der Waals surface area contributed by atoms with E-state index >= 15 is 0 Å². The van der Waals surface area contributed by atoms with Crippen LogP contribution in [-0.4, -0.2) is 59.3 Å². The van der Waals surface area contributed by atoms with E-state index in [1.807, 2.05) is 18.2 Å². The monoisotopic (exact) mass is 600 g/mol.